The summed E-state index contributed by atoms with van der Waals surface area (Å²) in [6.07, 6.45) is 1.85. The molecule has 0 atom stereocenters. The Labute approximate surface area is 244 Å². The number of benzene rings is 5. The van der Waals surface area contributed by atoms with Crippen LogP contribution in [0.1, 0.15) is 0 Å². The molecule has 0 aliphatic carbocycles. The monoisotopic (exact) mass is 555 g/mol. The third-order valence-corrected chi connectivity index (χ3v) is 9.17. The molecule has 4 aromatic heterocycles. The van der Waals surface area contributed by atoms with Crippen LogP contribution in [-0.2, 0) is 0 Å². The van der Waals surface area contributed by atoms with Crippen LogP contribution in [0.25, 0.3) is 81.6 Å². The van der Waals surface area contributed by atoms with E-state index in [1.165, 1.54) is 36.3 Å². The van der Waals surface area contributed by atoms with Crippen molar-refractivity contribution in [1.29, 1.82) is 0 Å². The second-order valence-corrected chi connectivity index (χ2v) is 11.3. The molecule has 0 aliphatic heterocycles. The van der Waals surface area contributed by atoms with E-state index in [2.05, 4.69) is 64.1 Å². The van der Waals surface area contributed by atoms with Crippen LogP contribution in [0.2, 0.25) is 0 Å². The molecule has 0 aliphatic rings. The van der Waals surface area contributed by atoms with E-state index in [-0.39, 0.29) is 0 Å². The van der Waals surface area contributed by atoms with Crippen molar-refractivity contribution in [2.24, 2.45) is 0 Å². The summed E-state index contributed by atoms with van der Waals surface area (Å²) in [5, 5.41) is 5.97. The molecule has 5 aromatic carbocycles. The number of nitrogens with zero attached hydrogens (tertiary/aromatic N) is 5. The molecule has 9 rings (SSSR count). The molecule has 0 saturated heterocycles. The summed E-state index contributed by atoms with van der Waals surface area (Å²) in [5.41, 5.74) is 5.07. The number of aromatic nitrogens is 5. The highest BCUT2D eigenvalue weighted by atomic mass is 32.1. The first-order valence-electron chi connectivity index (χ1n) is 13.8. The van der Waals surface area contributed by atoms with Gasteiger partial charge in [0.2, 0.25) is 5.95 Å². The van der Waals surface area contributed by atoms with E-state index in [1.807, 2.05) is 84.3 Å². The quantitative estimate of drug-likeness (QED) is 0.218. The van der Waals surface area contributed by atoms with Crippen LogP contribution in [0.3, 0.4) is 0 Å². The maximum atomic E-state index is 5.12. The minimum atomic E-state index is 0.602. The van der Waals surface area contributed by atoms with E-state index in [0.717, 1.165) is 27.7 Å². The van der Waals surface area contributed by atoms with E-state index in [1.54, 1.807) is 0 Å². The minimum absolute atomic E-state index is 0.602. The molecule has 4 heterocycles. The summed E-state index contributed by atoms with van der Waals surface area (Å²) in [6, 6.07) is 41.8. The highest BCUT2D eigenvalue weighted by molar-refractivity contribution is 7.27. The lowest BCUT2D eigenvalue weighted by atomic mass is 10.1. The number of rotatable bonds is 3. The van der Waals surface area contributed by atoms with Crippen LogP contribution in [0.5, 0.6) is 0 Å². The Morgan fingerprint density at radius 2 is 1.10 bits per heavy atom. The van der Waals surface area contributed by atoms with Gasteiger partial charge in [-0.15, -0.1) is 11.3 Å². The molecule has 0 bridgehead atoms. The predicted molar refractivity (Wildman–Crippen MR) is 173 cm³/mol. The van der Waals surface area contributed by atoms with Crippen molar-refractivity contribution in [2.45, 2.75) is 0 Å². The minimum Gasteiger partial charge on any atom is -0.276 e. The standard InChI is InChI=1S/C36H21N5S/c1-3-10-22(11-4-1)34-38-35(23-12-5-2-6-13-23)40-36(39-34)41-30-16-8-7-14-24(30)25-17-18-27-26-19-20-29-28(15-9-21-37-29)32(26)42-33(27)31(25)41/h1-21H. The predicted octanol–water partition coefficient (Wildman–Crippen LogP) is 9.22. The Hall–Kier alpha value is -5.46. The molecule has 5 nitrogen and oxygen atoms in total. The number of para-hydroxylation sites is 1. The molecule has 0 saturated carbocycles. The van der Waals surface area contributed by atoms with Gasteiger partial charge in [-0.1, -0.05) is 97.1 Å². The van der Waals surface area contributed by atoms with Gasteiger partial charge in [-0.05, 0) is 24.3 Å². The number of hydrogen-bond acceptors (Lipinski definition) is 5. The molecule has 9 aromatic rings. The fraction of sp³-hybridized carbons (Fsp3) is 0. The first kappa shape index (κ1) is 23.3. The molecule has 0 radical (unpaired) electrons. The Kier molecular flexibility index (Phi) is 5.00. The zero-order valence-electron chi connectivity index (χ0n) is 22.3. The highest BCUT2D eigenvalue weighted by Gasteiger charge is 2.21. The largest absolute Gasteiger partial charge is 0.276 e. The van der Waals surface area contributed by atoms with Crippen LogP contribution in [0.15, 0.2) is 128 Å². The average molecular weight is 556 g/mol. The maximum absolute atomic E-state index is 5.12. The maximum Gasteiger partial charge on any atom is 0.238 e. The van der Waals surface area contributed by atoms with Crippen molar-refractivity contribution in [2.75, 3.05) is 0 Å². The lowest BCUT2D eigenvalue weighted by Crippen LogP contribution is -2.06. The summed E-state index contributed by atoms with van der Waals surface area (Å²) < 4.78 is 4.67. The summed E-state index contributed by atoms with van der Waals surface area (Å²) in [4.78, 5) is 19.8. The second kappa shape index (κ2) is 9.03. The second-order valence-electron chi connectivity index (χ2n) is 10.3. The summed E-state index contributed by atoms with van der Waals surface area (Å²) in [6.45, 7) is 0. The average Bonchev–Trinajstić information content (AvgIpc) is 3.62. The number of thiophene rings is 1. The summed E-state index contributed by atoms with van der Waals surface area (Å²) in [5.74, 6) is 1.89. The third kappa shape index (κ3) is 3.42. The van der Waals surface area contributed by atoms with E-state index in [0.29, 0.717) is 17.6 Å². The van der Waals surface area contributed by atoms with E-state index in [9.17, 15) is 0 Å². The lowest BCUT2D eigenvalue weighted by Gasteiger charge is -2.11. The topological polar surface area (TPSA) is 56.5 Å². The van der Waals surface area contributed by atoms with Crippen molar-refractivity contribution >= 4 is 64.2 Å². The van der Waals surface area contributed by atoms with Crippen molar-refractivity contribution in [3.63, 3.8) is 0 Å². The molecule has 196 valence electrons. The van der Waals surface area contributed by atoms with Gasteiger partial charge in [0, 0.05) is 49.0 Å². The molecule has 0 amide bonds. The number of fused-ring (bicyclic) bond motifs is 9. The molecule has 0 spiro atoms. The van der Waals surface area contributed by atoms with Gasteiger partial charge in [-0.3, -0.25) is 9.55 Å². The number of pyridine rings is 1. The smallest absolute Gasteiger partial charge is 0.238 e. The molecule has 42 heavy (non-hydrogen) atoms. The van der Waals surface area contributed by atoms with Crippen LogP contribution in [0.4, 0.5) is 0 Å². The third-order valence-electron chi connectivity index (χ3n) is 7.91. The fourth-order valence-electron chi connectivity index (χ4n) is 6.00. The van der Waals surface area contributed by atoms with Gasteiger partial charge < -0.3 is 0 Å². The van der Waals surface area contributed by atoms with Gasteiger partial charge in [0.25, 0.3) is 0 Å². The van der Waals surface area contributed by atoms with E-state index < -0.39 is 0 Å². The molecule has 0 unspecified atom stereocenters. The normalized spacial score (nSPS) is 11.8. The van der Waals surface area contributed by atoms with Gasteiger partial charge in [0.15, 0.2) is 11.6 Å². The SMILES string of the molecule is c1ccc(-c2nc(-c3ccccc3)nc(-n3c4ccccc4c4ccc5c6ccc7ncccc7c6sc5c43)n2)cc1. The van der Waals surface area contributed by atoms with Crippen molar-refractivity contribution in [3.8, 4) is 28.7 Å². The molecule has 0 N–H and O–H groups in total. The molecular formula is C36H21N5S. The molecule has 6 heteroatoms. The highest BCUT2D eigenvalue weighted by Crippen LogP contribution is 2.44. The van der Waals surface area contributed by atoms with Gasteiger partial charge in [-0.2, -0.15) is 9.97 Å². The molecule has 0 fully saturated rings. The first-order valence-corrected chi connectivity index (χ1v) is 14.6. The molecular weight excluding hydrogens is 534 g/mol. The summed E-state index contributed by atoms with van der Waals surface area (Å²) in [7, 11) is 0. The Balaban J connectivity index is 1.44. The van der Waals surface area contributed by atoms with Gasteiger partial charge in [0.1, 0.15) is 0 Å². The van der Waals surface area contributed by atoms with E-state index >= 15 is 0 Å². The van der Waals surface area contributed by atoms with Gasteiger partial charge in [-0.25, -0.2) is 4.98 Å². The summed E-state index contributed by atoms with van der Waals surface area (Å²) >= 11 is 1.81. The van der Waals surface area contributed by atoms with Crippen molar-refractivity contribution in [1.82, 2.24) is 24.5 Å². The van der Waals surface area contributed by atoms with Crippen LogP contribution in [-0.4, -0.2) is 24.5 Å². The van der Waals surface area contributed by atoms with Crippen molar-refractivity contribution in [3.05, 3.63) is 128 Å². The fourth-order valence-corrected chi connectivity index (χ4v) is 7.36. The first-order chi connectivity index (χ1) is 20.8. The van der Waals surface area contributed by atoms with Gasteiger partial charge >= 0.3 is 0 Å². The van der Waals surface area contributed by atoms with Crippen LogP contribution >= 0.6 is 11.3 Å². The Morgan fingerprint density at radius 3 is 1.86 bits per heavy atom. The Morgan fingerprint density at radius 1 is 0.476 bits per heavy atom. The van der Waals surface area contributed by atoms with Crippen molar-refractivity contribution < 1.29 is 0 Å². The lowest BCUT2D eigenvalue weighted by molar-refractivity contribution is 0.955. The van der Waals surface area contributed by atoms with Crippen LogP contribution in [0, 0.1) is 0 Å². The van der Waals surface area contributed by atoms with E-state index in [4.69, 9.17) is 15.0 Å². The van der Waals surface area contributed by atoms with Crippen LogP contribution < -0.4 is 0 Å². The number of hydrogen-bond donors (Lipinski definition) is 0. The zero-order chi connectivity index (χ0) is 27.6. The van der Waals surface area contributed by atoms with Gasteiger partial charge in [0.05, 0.1) is 21.3 Å². The Bertz CT molecular complexity index is 2400. The zero-order valence-corrected chi connectivity index (χ0v) is 23.1.